The Morgan fingerprint density at radius 3 is 2.06 bits per heavy atom. The van der Waals surface area contributed by atoms with Gasteiger partial charge in [-0.05, 0) is 38.0 Å². The fraction of sp³-hybridized carbons (Fsp3) is 1.00. The van der Waals surface area contributed by atoms with Gasteiger partial charge < -0.3 is 0 Å². The minimum Gasteiger partial charge on any atom is -0.257 e. The highest BCUT2D eigenvalue weighted by Gasteiger charge is 2.24. The summed E-state index contributed by atoms with van der Waals surface area (Å²) in [5, 5.41) is 0. The first-order valence-electron chi connectivity index (χ1n) is 7.70. The van der Waals surface area contributed by atoms with Crippen LogP contribution in [-0.2, 0) is 0 Å². The Hall–Kier alpha value is -0.0800. The van der Waals surface area contributed by atoms with Crippen molar-refractivity contribution in [2.75, 3.05) is 6.54 Å². The molecule has 0 saturated carbocycles. The molecule has 0 aromatic carbocycles. The molecule has 0 aromatic heterocycles. The maximum Gasteiger partial charge on any atom is 0.0272 e. The van der Waals surface area contributed by atoms with Crippen molar-refractivity contribution in [2.45, 2.75) is 86.1 Å². The van der Waals surface area contributed by atoms with Crippen molar-refractivity contribution in [1.82, 2.24) is 10.9 Å². The summed E-state index contributed by atoms with van der Waals surface area (Å²) < 4.78 is 0. The van der Waals surface area contributed by atoms with Crippen LogP contribution in [0.3, 0.4) is 0 Å². The minimum atomic E-state index is 0.154. The Labute approximate surface area is 115 Å². The Kier molecular flexibility index (Phi) is 8.13. The van der Waals surface area contributed by atoms with Crippen molar-refractivity contribution in [3.05, 3.63) is 0 Å². The SMILES string of the molecule is CCCCC(CC)CNNC(C)(C)CC(C)(C)C. The van der Waals surface area contributed by atoms with Gasteiger partial charge in [0.2, 0.25) is 0 Å². The number of hydrazine groups is 1. The van der Waals surface area contributed by atoms with Crippen molar-refractivity contribution >= 4 is 0 Å². The molecule has 0 saturated heterocycles. The predicted molar refractivity (Wildman–Crippen MR) is 82.6 cm³/mol. The third-order valence-corrected chi connectivity index (χ3v) is 3.33. The highest BCUT2D eigenvalue weighted by molar-refractivity contribution is 4.81. The van der Waals surface area contributed by atoms with Crippen molar-refractivity contribution in [2.24, 2.45) is 11.3 Å². The smallest absolute Gasteiger partial charge is 0.0272 e. The lowest BCUT2D eigenvalue weighted by molar-refractivity contribution is 0.211. The van der Waals surface area contributed by atoms with Crippen LogP contribution in [0, 0.1) is 11.3 Å². The van der Waals surface area contributed by atoms with E-state index in [2.05, 4.69) is 59.3 Å². The van der Waals surface area contributed by atoms with E-state index in [-0.39, 0.29) is 5.54 Å². The van der Waals surface area contributed by atoms with Gasteiger partial charge in [0.05, 0.1) is 0 Å². The van der Waals surface area contributed by atoms with Gasteiger partial charge in [-0.15, -0.1) is 0 Å². The maximum atomic E-state index is 3.51. The first kappa shape index (κ1) is 17.9. The van der Waals surface area contributed by atoms with Crippen molar-refractivity contribution in [1.29, 1.82) is 0 Å². The molecule has 0 aliphatic carbocycles. The van der Waals surface area contributed by atoms with E-state index in [0.717, 1.165) is 12.5 Å². The van der Waals surface area contributed by atoms with Gasteiger partial charge in [0, 0.05) is 12.1 Å². The molecule has 2 N–H and O–H groups in total. The van der Waals surface area contributed by atoms with Crippen molar-refractivity contribution in [3.8, 4) is 0 Å². The third-order valence-electron chi connectivity index (χ3n) is 3.33. The largest absolute Gasteiger partial charge is 0.257 e. The zero-order valence-electron chi connectivity index (χ0n) is 13.8. The fourth-order valence-corrected chi connectivity index (χ4v) is 2.75. The lowest BCUT2D eigenvalue weighted by atomic mass is 9.82. The number of hydrogen-bond acceptors (Lipinski definition) is 2. The second-order valence-corrected chi connectivity index (χ2v) is 7.54. The maximum absolute atomic E-state index is 3.51. The van der Waals surface area contributed by atoms with E-state index in [1.807, 2.05) is 0 Å². The fourth-order valence-electron chi connectivity index (χ4n) is 2.75. The summed E-state index contributed by atoms with van der Waals surface area (Å²) >= 11 is 0. The first-order valence-corrected chi connectivity index (χ1v) is 7.70. The molecule has 0 radical (unpaired) electrons. The van der Waals surface area contributed by atoms with Crippen LogP contribution in [0.1, 0.15) is 80.6 Å². The Bertz CT molecular complexity index is 204. The van der Waals surface area contributed by atoms with Crippen LogP contribution >= 0.6 is 0 Å². The number of unbranched alkanes of at least 4 members (excludes halogenated alkanes) is 1. The van der Waals surface area contributed by atoms with E-state index < -0.39 is 0 Å². The molecule has 18 heavy (non-hydrogen) atoms. The molecule has 110 valence electrons. The van der Waals surface area contributed by atoms with Crippen LogP contribution in [-0.4, -0.2) is 12.1 Å². The summed E-state index contributed by atoms with van der Waals surface area (Å²) in [5.74, 6) is 0.808. The van der Waals surface area contributed by atoms with Crippen LogP contribution < -0.4 is 10.9 Å². The quantitative estimate of drug-likeness (QED) is 0.593. The average molecular weight is 256 g/mol. The van der Waals surface area contributed by atoms with Crippen LogP contribution in [0.25, 0.3) is 0 Å². The molecule has 0 bridgehead atoms. The Morgan fingerprint density at radius 1 is 1.00 bits per heavy atom. The van der Waals surface area contributed by atoms with E-state index in [1.165, 1.54) is 32.1 Å². The van der Waals surface area contributed by atoms with E-state index in [1.54, 1.807) is 0 Å². The summed E-state index contributed by atoms with van der Waals surface area (Å²) in [7, 11) is 0. The standard InChI is InChI=1S/C16H36N2/c1-8-10-11-14(9-2)12-17-18-16(6,7)13-15(3,4)5/h14,17-18H,8-13H2,1-7H3. The van der Waals surface area contributed by atoms with Gasteiger partial charge in [-0.2, -0.15) is 0 Å². The Morgan fingerprint density at radius 2 is 1.61 bits per heavy atom. The van der Waals surface area contributed by atoms with Crippen molar-refractivity contribution in [3.63, 3.8) is 0 Å². The minimum absolute atomic E-state index is 0.154. The van der Waals surface area contributed by atoms with Crippen LogP contribution in [0.15, 0.2) is 0 Å². The van der Waals surface area contributed by atoms with Crippen LogP contribution in [0.4, 0.5) is 0 Å². The summed E-state index contributed by atoms with van der Waals surface area (Å²) in [5.41, 5.74) is 7.48. The highest BCUT2D eigenvalue weighted by Crippen LogP contribution is 2.26. The molecule has 2 heteroatoms. The number of nitrogens with one attached hydrogen (secondary N) is 2. The summed E-state index contributed by atoms with van der Waals surface area (Å²) in [6.45, 7) is 17.1. The summed E-state index contributed by atoms with van der Waals surface area (Å²) in [6, 6.07) is 0. The molecular weight excluding hydrogens is 220 g/mol. The number of hydrogen-bond donors (Lipinski definition) is 2. The van der Waals surface area contributed by atoms with E-state index in [0.29, 0.717) is 5.41 Å². The van der Waals surface area contributed by atoms with Gasteiger partial charge >= 0.3 is 0 Å². The average Bonchev–Trinajstić information content (AvgIpc) is 2.19. The molecule has 0 aliphatic rings. The molecule has 2 nitrogen and oxygen atoms in total. The molecule has 0 spiro atoms. The highest BCUT2D eigenvalue weighted by atomic mass is 15.4. The lowest BCUT2D eigenvalue weighted by Gasteiger charge is -2.34. The molecule has 0 fully saturated rings. The van der Waals surface area contributed by atoms with Crippen molar-refractivity contribution < 1.29 is 0 Å². The normalized spacial score (nSPS) is 14.8. The second-order valence-electron chi connectivity index (χ2n) is 7.54. The molecule has 0 heterocycles. The van der Waals surface area contributed by atoms with E-state index in [9.17, 15) is 0 Å². The zero-order valence-corrected chi connectivity index (χ0v) is 13.8. The second kappa shape index (κ2) is 8.16. The molecule has 1 atom stereocenters. The van der Waals surface area contributed by atoms with E-state index >= 15 is 0 Å². The lowest BCUT2D eigenvalue weighted by Crippen LogP contribution is -2.51. The molecule has 0 rings (SSSR count). The van der Waals surface area contributed by atoms with Crippen LogP contribution in [0.5, 0.6) is 0 Å². The molecule has 0 aliphatic heterocycles. The number of rotatable bonds is 9. The van der Waals surface area contributed by atoms with Gasteiger partial charge in [-0.3, -0.25) is 10.9 Å². The third kappa shape index (κ3) is 9.90. The van der Waals surface area contributed by atoms with E-state index in [4.69, 9.17) is 0 Å². The van der Waals surface area contributed by atoms with Gasteiger partial charge in [0.25, 0.3) is 0 Å². The van der Waals surface area contributed by atoms with Gasteiger partial charge in [0.15, 0.2) is 0 Å². The summed E-state index contributed by atoms with van der Waals surface area (Å²) in [4.78, 5) is 0. The predicted octanol–water partition coefficient (Wildman–Crippen LogP) is 4.51. The van der Waals surface area contributed by atoms with Gasteiger partial charge in [-0.1, -0.05) is 53.9 Å². The summed E-state index contributed by atoms with van der Waals surface area (Å²) in [6.07, 6.45) is 6.44. The molecular formula is C16H36N2. The Balaban J connectivity index is 3.93. The van der Waals surface area contributed by atoms with Crippen LogP contribution in [0.2, 0.25) is 0 Å². The first-order chi connectivity index (χ1) is 8.20. The molecule has 0 aromatic rings. The monoisotopic (exact) mass is 256 g/mol. The molecule has 1 unspecified atom stereocenters. The molecule has 0 amide bonds. The van der Waals surface area contributed by atoms with Gasteiger partial charge in [0.1, 0.15) is 0 Å². The topological polar surface area (TPSA) is 24.1 Å². The zero-order chi connectivity index (χ0) is 14.2. The van der Waals surface area contributed by atoms with Gasteiger partial charge in [-0.25, -0.2) is 0 Å².